The normalized spacial score (nSPS) is 11.4. The molecule has 0 spiro atoms. The summed E-state index contributed by atoms with van der Waals surface area (Å²) in [5, 5.41) is 15.3. The zero-order valence-electron chi connectivity index (χ0n) is 15.0. The Kier molecular flexibility index (Phi) is 4.30. The molecule has 0 radical (unpaired) electrons. The molecule has 4 aromatic rings. The number of benzene rings is 3. The van der Waals surface area contributed by atoms with Gasteiger partial charge in [-0.3, -0.25) is 11.3 Å². The van der Waals surface area contributed by atoms with Gasteiger partial charge in [-0.25, -0.2) is 0 Å². The van der Waals surface area contributed by atoms with E-state index in [-0.39, 0.29) is 0 Å². The van der Waals surface area contributed by atoms with Gasteiger partial charge in [-0.2, -0.15) is 0 Å². The summed E-state index contributed by atoms with van der Waals surface area (Å²) in [7, 11) is 1.70. The zero-order valence-corrected chi connectivity index (χ0v) is 15.0. The molecule has 0 saturated carbocycles. The average molecular weight is 358 g/mol. The molecule has 3 aromatic carbocycles. The van der Waals surface area contributed by atoms with Gasteiger partial charge in [0, 0.05) is 32.6 Å². The molecular weight excluding hydrogens is 338 g/mol. The number of methoxy groups -OCH3 is 1. The van der Waals surface area contributed by atoms with Crippen LogP contribution in [0.3, 0.4) is 0 Å². The molecule has 0 aliphatic carbocycles. The van der Waals surface area contributed by atoms with Crippen LogP contribution < -0.4 is 16.0 Å². The summed E-state index contributed by atoms with van der Waals surface area (Å²) >= 11 is 0. The fourth-order valence-corrected chi connectivity index (χ4v) is 3.51. The van der Waals surface area contributed by atoms with Crippen molar-refractivity contribution in [2.75, 3.05) is 7.11 Å². The van der Waals surface area contributed by atoms with Crippen molar-refractivity contribution in [3.05, 3.63) is 77.9 Å². The van der Waals surface area contributed by atoms with Gasteiger partial charge >= 0.3 is 5.84 Å². The third kappa shape index (κ3) is 2.91. The molecule has 0 fully saturated rings. The van der Waals surface area contributed by atoms with E-state index in [1.165, 1.54) is 0 Å². The maximum atomic E-state index is 5.96. The molecule has 0 unspecified atom stereocenters. The van der Waals surface area contributed by atoms with Crippen molar-refractivity contribution in [3.8, 4) is 5.75 Å². The summed E-state index contributed by atoms with van der Waals surface area (Å²) in [6.45, 7) is 0.703. The molecule has 0 aliphatic heterocycles. The number of nitrogens with two attached hydrogens (primary N) is 2. The van der Waals surface area contributed by atoms with Crippen LogP contribution >= 0.6 is 0 Å². The highest BCUT2D eigenvalue weighted by Crippen LogP contribution is 2.31. The Morgan fingerprint density at radius 3 is 2.56 bits per heavy atom. The molecule has 0 bridgehead atoms. The summed E-state index contributed by atoms with van der Waals surface area (Å²) in [5.74, 6) is 6.30. The molecule has 0 atom stereocenters. The molecule has 0 amide bonds. The van der Waals surface area contributed by atoms with Gasteiger partial charge in [0.05, 0.1) is 24.3 Å². The number of nitrogens with zero attached hydrogens (tertiary/aromatic N) is 3. The Morgan fingerprint density at radius 2 is 1.74 bits per heavy atom. The molecule has 134 valence electrons. The van der Waals surface area contributed by atoms with Gasteiger partial charge in [-0.15, -0.1) is 0 Å². The largest absolute Gasteiger partial charge is 0.496 e. The second-order valence-electron chi connectivity index (χ2n) is 6.25. The minimum absolute atomic E-state index is 0.293. The van der Waals surface area contributed by atoms with Gasteiger partial charge in [0.1, 0.15) is 5.75 Å². The molecule has 1 heterocycles. The maximum absolute atomic E-state index is 5.96. The van der Waals surface area contributed by atoms with Gasteiger partial charge < -0.3 is 9.30 Å². The first-order chi connectivity index (χ1) is 13.2. The number of hydrogen-bond acceptors (Lipinski definition) is 2. The summed E-state index contributed by atoms with van der Waals surface area (Å²) in [4.78, 5) is 0. The van der Waals surface area contributed by atoms with Gasteiger partial charge in [-0.05, 0) is 30.3 Å². The van der Waals surface area contributed by atoms with Crippen LogP contribution in [0.5, 0.6) is 5.75 Å². The first-order valence-electron chi connectivity index (χ1n) is 8.59. The van der Waals surface area contributed by atoms with Crippen molar-refractivity contribution >= 4 is 27.6 Å². The topological polar surface area (TPSA) is 90.5 Å². The van der Waals surface area contributed by atoms with Crippen LogP contribution in [0.15, 0.2) is 77.1 Å². The van der Waals surface area contributed by atoms with Crippen LogP contribution in [-0.2, 0) is 6.54 Å². The standard InChI is InChI=1S/C21H19N5O/c1-27-20-9-5-2-6-15(20)13-26-18-8-4-3-7-16(18)17-12-14(10-11-19(17)26)21(22)24-25-23/h2-12H,13H2,1H3,(H3,22,23,24)/p+1. The summed E-state index contributed by atoms with van der Waals surface area (Å²) in [6, 6.07) is 22.4. The molecule has 1 aromatic heterocycles. The van der Waals surface area contributed by atoms with Crippen LogP contribution in [0.25, 0.3) is 21.8 Å². The molecular formula is C21H20N5O+. The Bertz CT molecular complexity index is 1180. The molecule has 0 aliphatic rings. The van der Waals surface area contributed by atoms with E-state index in [4.69, 9.17) is 16.0 Å². The minimum Gasteiger partial charge on any atom is -0.496 e. The minimum atomic E-state index is 0.293. The highest BCUT2D eigenvalue weighted by molar-refractivity contribution is 6.10. The first-order valence-corrected chi connectivity index (χ1v) is 8.59. The smallest absolute Gasteiger partial charge is 0.350 e. The van der Waals surface area contributed by atoms with E-state index in [2.05, 4.69) is 39.2 Å². The summed E-state index contributed by atoms with van der Waals surface area (Å²) < 4.78 is 7.81. The number of ether oxygens (including phenoxy) is 1. The average Bonchev–Trinajstić information content (AvgIpc) is 3.02. The lowest BCUT2D eigenvalue weighted by Gasteiger charge is -2.11. The van der Waals surface area contributed by atoms with Crippen LogP contribution in [0, 0.1) is 0 Å². The van der Waals surface area contributed by atoms with Gasteiger partial charge in [0.25, 0.3) is 0 Å². The van der Waals surface area contributed by atoms with Crippen molar-refractivity contribution in [3.63, 3.8) is 0 Å². The van der Waals surface area contributed by atoms with Gasteiger partial charge in [-0.1, -0.05) is 36.4 Å². The lowest BCUT2D eigenvalue weighted by molar-refractivity contribution is -0.114. The Morgan fingerprint density at radius 1 is 1.00 bits per heavy atom. The highest BCUT2D eigenvalue weighted by Gasteiger charge is 2.16. The van der Waals surface area contributed by atoms with Crippen LogP contribution in [-0.4, -0.2) is 17.5 Å². The lowest BCUT2D eigenvalue weighted by Crippen LogP contribution is -2.38. The SMILES string of the molecule is COc1ccccc1Cn1c2ccccc2c2cc(C(=[NH2+])N=NN)ccc21. The fourth-order valence-electron chi connectivity index (χ4n) is 3.51. The van der Waals surface area contributed by atoms with Crippen molar-refractivity contribution in [1.82, 2.24) is 4.57 Å². The second kappa shape index (κ2) is 6.92. The fraction of sp³-hybridized carbons (Fsp3) is 0.0952. The maximum Gasteiger partial charge on any atom is 0.350 e. The van der Waals surface area contributed by atoms with E-state index in [0.717, 1.165) is 38.7 Å². The van der Waals surface area contributed by atoms with Crippen molar-refractivity contribution < 1.29 is 10.1 Å². The first kappa shape index (κ1) is 16.8. The third-order valence-electron chi connectivity index (χ3n) is 4.75. The van der Waals surface area contributed by atoms with E-state index in [0.29, 0.717) is 12.4 Å². The Balaban J connectivity index is 1.93. The molecule has 4 N–H and O–H groups in total. The highest BCUT2D eigenvalue weighted by atomic mass is 16.5. The monoisotopic (exact) mass is 358 g/mol. The predicted octanol–water partition coefficient (Wildman–Crippen LogP) is 2.68. The number of para-hydroxylation sites is 2. The quantitative estimate of drug-likeness (QED) is 0.193. The van der Waals surface area contributed by atoms with E-state index >= 15 is 0 Å². The number of rotatable bonds is 4. The van der Waals surface area contributed by atoms with Crippen molar-refractivity contribution in [2.24, 2.45) is 16.2 Å². The molecule has 0 saturated heterocycles. The van der Waals surface area contributed by atoms with Gasteiger partial charge in [0.15, 0.2) is 0 Å². The number of fused-ring (bicyclic) bond motifs is 3. The Hall–Kier alpha value is -3.67. The van der Waals surface area contributed by atoms with E-state index in [1.54, 1.807) is 7.11 Å². The third-order valence-corrected chi connectivity index (χ3v) is 4.75. The molecule has 4 rings (SSSR count). The van der Waals surface area contributed by atoms with E-state index < -0.39 is 0 Å². The van der Waals surface area contributed by atoms with E-state index in [9.17, 15) is 0 Å². The van der Waals surface area contributed by atoms with Crippen LogP contribution in [0.1, 0.15) is 11.1 Å². The van der Waals surface area contributed by atoms with Crippen molar-refractivity contribution in [2.45, 2.75) is 6.54 Å². The molecule has 6 heteroatoms. The predicted molar refractivity (Wildman–Crippen MR) is 107 cm³/mol. The van der Waals surface area contributed by atoms with Crippen LogP contribution in [0.2, 0.25) is 0 Å². The second-order valence-corrected chi connectivity index (χ2v) is 6.25. The van der Waals surface area contributed by atoms with Gasteiger partial charge in [0.2, 0.25) is 0 Å². The number of amidine groups is 1. The Labute approximate surface area is 156 Å². The lowest BCUT2D eigenvalue weighted by atomic mass is 10.1. The summed E-state index contributed by atoms with van der Waals surface area (Å²) in [5.41, 5.74) is 4.17. The molecule has 27 heavy (non-hydrogen) atoms. The molecule has 6 nitrogen and oxygen atoms in total. The zero-order chi connectivity index (χ0) is 18.8. The van der Waals surface area contributed by atoms with E-state index in [1.807, 2.05) is 42.5 Å². The number of aromatic nitrogens is 1. The van der Waals surface area contributed by atoms with Crippen LogP contribution in [0.4, 0.5) is 0 Å². The summed E-state index contributed by atoms with van der Waals surface area (Å²) in [6.07, 6.45) is 0. The number of hydrogen-bond donors (Lipinski definition) is 2. The van der Waals surface area contributed by atoms with Crippen molar-refractivity contribution in [1.29, 1.82) is 0 Å².